The van der Waals surface area contributed by atoms with Gasteiger partial charge in [-0.05, 0) is 53.2 Å². The third kappa shape index (κ3) is 6.28. The predicted octanol–water partition coefficient (Wildman–Crippen LogP) is 5.53. The Kier molecular flexibility index (Phi) is 6.62. The molecule has 0 bridgehead atoms. The minimum absolute atomic E-state index is 0.105. The second-order valence-electron chi connectivity index (χ2n) is 7.31. The van der Waals surface area contributed by atoms with Crippen molar-refractivity contribution in [3.8, 4) is 0 Å². The number of aliphatic hydroxyl groups is 1. The summed E-state index contributed by atoms with van der Waals surface area (Å²) in [7, 11) is -4.02. The quantitative estimate of drug-likeness (QED) is 0.511. The molecule has 0 radical (unpaired) electrons. The van der Waals surface area contributed by atoms with Gasteiger partial charge in [0, 0.05) is 10.9 Å². The minimum atomic E-state index is -4.02. The molecule has 4 nitrogen and oxygen atoms in total. The molecule has 0 aliphatic heterocycles. The maximum Gasteiger partial charge on any atom is 0.364 e. The van der Waals surface area contributed by atoms with Crippen LogP contribution < -0.4 is 0 Å². The smallest absolute Gasteiger partial charge is 0.364 e. The second-order valence-corrected chi connectivity index (χ2v) is 9.81. The van der Waals surface area contributed by atoms with Gasteiger partial charge in [0.25, 0.3) is 0 Å². The number of halogens is 2. The van der Waals surface area contributed by atoms with Crippen molar-refractivity contribution in [2.45, 2.75) is 63.9 Å². The lowest BCUT2D eigenvalue weighted by Crippen LogP contribution is -2.26. The van der Waals surface area contributed by atoms with E-state index in [1.807, 2.05) is 0 Å². The van der Waals surface area contributed by atoms with E-state index in [0.717, 1.165) is 0 Å². The molecule has 132 valence electrons. The Morgan fingerprint density at radius 2 is 1.65 bits per heavy atom. The fraction of sp³-hybridized carbons (Fsp3) is 0.625. The molecule has 23 heavy (non-hydrogen) atoms. The third-order valence-corrected chi connectivity index (χ3v) is 5.73. The summed E-state index contributed by atoms with van der Waals surface area (Å²) >= 11 is 3.24. The van der Waals surface area contributed by atoms with E-state index in [9.17, 15) is 14.1 Å². The molecule has 1 N–H and O–H groups in total. The average Bonchev–Trinajstić information content (AvgIpc) is 2.33. The zero-order valence-corrected chi connectivity index (χ0v) is 16.9. The molecule has 1 unspecified atom stereocenters. The lowest BCUT2D eigenvalue weighted by molar-refractivity contribution is 0.0266. The molecule has 1 rings (SSSR count). The third-order valence-electron chi connectivity index (χ3n) is 2.60. The number of aliphatic hydroxyl groups excluding tert-OH is 1. The van der Waals surface area contributed by atoms with E-state index in [0.29, 0.717) is 10.9 Å². The van der Waals surface area contributed by atoms with Crippen molar-refractivity contribution in [1.82, 2.24) is 0 Å². The first-order valence-corrected chi connectivity index (χ1v) is 10.0. The van der Waals surface area contributed by atoms with E-state index >= 15 is 0 Å². The molecule has 0 heterocycles. The standard InChI is InChI=1S/C16H25BrFO4P/c1-15(2,3)21-23(20,22-16(4,5)6)14(19)12-8-7-11(10-17)9-13(12)18/h7-9,14,19H,10H2,1-6H3. The van der Waals surface area contributed by atoms with Gasteiger partial charge in [0.05, 0.1) is 11.2 Å². The Labute approximate surface area is 146 Å². The molecule has 1 atom stereocenters. The first-order chi connectivity index (χ1) is 10.3. The molecule has 1 aromatic carbocycles. The topological polar surface area (TPSA) is 55.8 Å². The van der Waals surface area contributed by atoms with Gasteiger partial charge in [0.15, 0.2) is 5.85 Å². The molecule has 0 spiro atoms. The van der Waals surface area contributed by atoms with E-state index in [1.165, 1.54) is 12.1 Å². The van der Waals surface area contributed by atoms with Gasteiger partial charge < -0.3 is 14.2 Å². The van der Waals surface area contributed by atoms with Crippen LogP contribution in [0, 0.1) is 5.82 Å². The summed E-state index contributed by atoms with van der Waals surface area (Å²) in [5, 5.41) is 11.0. The molecule has 0 fully saturated rings. The molecule has 0 aromatic heterocycles. The van der Waals surface area contributed by atoms with Crippen molar-refractivity contribution in [3.05, 3.63) is 35.1 Å². The number of benzene rings is 1. The molecule has 0 aliphatic rings. The summed E-state index contributed by atoms with van der Waals surface area (Å²) < 4.78 is 38.5. The Balaban J connectivity index is 3.28. The van der Waals surface area contributed by atoms with Crippen molar-refractivity contribution >= 4 is 23.5 Å². The number of hydrogen-bond donors (Lipinski definition) is 1. The van der Waals surface area contributed by atoms with E-state index in [4.69, 9.17) is 9.05 Å². The van der Waals surface area contributed by atoms with Crippen LogP contribution in [0.3, 0.4) is 0 Å². The largest absolute Gasteiger partial charge is 0.376 e. The zero-order chi connectivity index (χ0) is 18.1. The van der Waals surface area contributed by atoms with Crippen LogP contribution in [0.25, 0.3) is 0 Å². The molecular formula is C16H25BrFO4P. The van der Waals surface area contributed by atoms with Crippen molar-refractivity contribution in [2.24, 2.45) is 0 Å². The summed E-state index contributed by atoms with van der Waals surface area (Å²) in [6.45, 7) is 10.2. The molecular weight excluding hydrogens is 386 g/mol. The molecule has 0 saturated carbocycles. The Morgan fingerprint density at radius 3 is 2.00 bits per heavy atom. The minimum Gasteiger partial charge on any atom is -0.376 e. The van der Waals surface area contributed by atoms with Gasteiger partial charge in [-0.25, -0.2) is 4.39 Å². The van der Waals surface area contributed by atoms with Crippen LogP contribution in [0.2, 0.25) is 0 Å². The molecule has 1 aromatic rings. The summed E-state index contributed by atoms with van der Waals surface area (Å²) in [5.74, 6) is -2.35. The lowest BCUT2D eigenvalue weighted by Gasteiger charge is -2.34. The van der Waals surface area contributed by atoms with Gasteiger partial charge in [0.2, 0.25) is 0 Å². The van der Waals surface area contributed by atoms with Gasteiger partial charge in [-0.2, -0.15) is 0 Å². The Hall–Kier alpha value is -0.260. The highest BCUT2D eigenvalue weighted by Crippen LogP contribution is 2.64. The van der Waals surface area contributed by atoms with Crippen LogP contribution in [0.4, 0.5) is 4.39 Å². The Morgan fingerprint density at radius 1 is 1.17 bits per heavy atom. The SMILES string of the molecule is CC(C)(C)OP(=O)(OC(C)(C)C)C(O)c1ccc(CBr)cc1F. The second kappa shape index (κ2) is 7.32. The highest BCUT2D eigenvalue weighted by molar-refractivity contribution is 9.08. The van der Waals surface area contributed by atoms with E-state index in [1.54, 1.807) is 47.6 Å². The van der Waals surface area contributed by atoms with Crippen LogP contribution >= 0.6 is 23.5 Å². The first-order valence-electron chi connectivity index (χ1n) is 7.31. The number of hydrogen-bond acceptors (Lipinski definition) is 4. The van der Waals surface area contributed by atoms with Gasteiger partial charge in [0.1, 0.15) is 5.82 Å². The van der Waals surface area contributed by atoms with Crippen molar-refractivity contribution in [1.29, 1.82) is 0 Å². The van der Waals surface area contributed by atoms with Crippen LogP contribution in [0.5, 0.6) is 0 Å². The predicted molar refractivity (Wildman–Crippen MR) is 93.3 cm³/mol. The van der Waals surface area contributed by atoms with E-state index in [-0.39, 0.29) is 5.56 Å². The monoisotopic (exact) mass is 410 g/mol. The maximum absolute atomic E-state index is 14.3. The average molecular weight is 411 g/mol. The highest BCUT2D eigenvalue weighted by Gasteiger charge is 2.43. The molecule has 0 aliphatic carbocycles. The van der Waals surface area contributed by atoms with Gasteiger partial charge >= 0.3 is 7.60 Å². The summed E-state index contributed by atoms with van der Waals surface area (Å²) in [4.78, 5) is 0. The van der Waals surface area contributed by atoms with Crippen LogP contribution in [-0.2, 0) is 18.9 Å². The van der Waals surface area contributed by atoms with Crippen LogP contribution in [0.1, 0.15) is 58.5 Å². The normalized spacial score (nSPS) is 14.8. The van der Waals surface area contributed by atoms with E-state index in [2.05, 4.69) is 15.9 Å². The van der Waals surface area contributed by atoms with Gasteiger partial charge in [-0.15, -0.1) is 0 Å². The fourth-order valence-electron chi connectivity index (χ4n) is 1.92. The van der Waals surface area contributed by atoms with Crippen molar-refractivity contribution < 1.29 is 23.1 Å². The van der Waals surface area contributed by atoms with E-state index < -0.39 is 30.5 Å². The molecule has 0 saturated heterocycles. The maximum atomic E-state index is 14.3. The summed E-state index contributed by atoms with van der Waals surface area (Å²) in [6.07, 6.45) is 0. The fourth-order valence-corrected chi connectivity index (χ4v) is 4.58. The van der Waals surface area contributed by atoms with Crippen molar-refractivity contribution in [2.75, 3.05) is 0 Å². The summed E-state index contributed by atoms with van der Waals surface area (Å²) in [6, 6.07) is 4.34. The van der Waals surface area contributed by atoms with Crippen LogP contribution in [0.15, 0.2) is 18.2 Å². The highest BCUT2D eigenvalue weighted by atomic mass is 79.9. The zero-order valence-electron chi connectivity index (χ0n) is 14.4. The summed E-state index contributed by atoms with van der Waals surface area (Å²) in [5.41, 5.74) is -1.05. The number of rotatable bonds is 5. The van der Waals surface area contributed by atoms with Gasteiger partial charge in [-0.3, -0.25) is 4.57 Å². The molecule has 0 amide bonds. The van der Waals surface area contributed by atoms with Crippen molar-refractivity contribution in [3.63, 3.8) is 0 Å². The van der Waals surface area contributed by atoms with Gasteiger partial charge in [-0.1, -0.05) is 28.1 Å². The first kappa shape index (κ1) is 20.8. The lowest BCUT2D eigenvalue weighted by atomic mass is 10.1. The number of alkyl halides is 1. The Bertz CT molecular complexity index is 573. The molecule has 7 heteroatoms. The van der Waals surface area contributed by atoms with Crippen LogP contribution in [-0.4, -0.2) is 16.3 Å².